The Hall–Kier alpha value is -2.32. The third-order valence-corrected chi connectivity index (χ3v) is 2.60. The molecule has 3 N–H and O–H groups in total. The van der Waals surface area contributed by atoms with Crippen LogP contribution in [0.3, 0.4) is 0 Å². The Morgan fingerprint density at radius 2 is 1.81 bits per heavy atom. The largest absolute Gasteiger partial charge is 0.326 e. The number of rotatable bonds is 5. The van der Waals surface area contributed by atoms with Crippen LogP contribution in [0.1, 0.15) is 20.8 Å². The Kier molecular flexibility index (Phi) is 5.94. The maximum atomic E-state index is 11.9. The average molecular weight is 287 g/mol. The van der Waals surface area contributed by atoms with E-state index in [4.69, 9.17) is 6.42 Å². The van der Waals surface area contributed by atoms with Gasteiger partial charge in [0.25, 0.3) is 0 Å². The molecule has 21 heavy (non-hydrogen) atoms. The van der Waals surface area contributed by atoms with Crippen molar-refractivity contribution in [1.29, 1.82) is 0 Å². The van der Waals surface area contributed by atoms with E-state index in [2.05, 4.69) is 21.9 Å². The summed E-state index contributed by atoms with van der Waals surface area (Å²) in [6.07, 6.45) is 5.08. The Morgan fingerprint density at radius 3 is 2.38 bits per heavy atom. The number of hydrogen-bond donors (Lipinski definition) is 3. The predicted octanol–water partition coefficient (Wildman–Crippen LogP) is 1.83. The number of benzene rings is 1. The fourth-order valence-corrected chi connectivity index (χ4v) is 1.45. The van der Waals surface area contributed by atoms with Crippen molar-refractivity contribution in [3.8, 4) is 12.3 Å². The van der Waals surface area contributed by atoms with Crippen molar-refractivity contribution in [2.45, 2.75) is 20.8 Å². The SMILES string of the molecule is C#CCNCC(=O)Nc1cccc(NC(=O)C(C)(C)C)c1. The van der Waals surface area contributed by atoms with Crippen LogP contribution >= 0.6 is 0 Å². The van der Waals surface area contributed by atoms with Crippen molar-refractivity contribution >= 4 is 23.2 Å². The van der Waals surface area contributed by atoms with Gasteiger partial charge in [-0.25, -0.2) is 0 Å². The van der Waals surface area contributed by atoms with E-state index >= 15 is 0 Å². The number of amides is 2. The number of terminal acetylenes is 1. The van der Waals surface area contributed by atoms with Gasteiger partial charge >= 0.3 is 0 Å². The van der Waals surface area contributed by atoms with E-state index in [0.29, 0.717) is 17.9 Å². The zero-order chi connectivity index (χ0) is 15.9. The molecule has 0 saturated heterocycles. The summed E-state index contributed by atoms with van der Waals surface area (Å²) in [4.78, 5) is 23.6. The highest BCUT2D eigenvalue weighted by Crippen LogP contribution is 2.19. The third kappa shape index (κ3) is 6.11. The number of nitrogens with one attached hydrogen (secondary N) is 3. The van der Waals surface area contributed by atoms with Crippen molar-refractivity contribution in [2.24, 2.45) is 5.41 Å². The minimum atomic E-state index is -0.474. The first-order valence-electron chi connectivity index (χ1n) is 6.68. The monoisotopic (exact) mass is 287 g/mol. The highest BCUT2D eigenvalue weighted by atomic mass is 16.2. The molecule has 5 nitrogen and oxygen atoms in total. The Balaban J connectivity index is 2.63. The Morgan fingerprint density at radius 1 is 1.19 bits per heavy atom. The van der Waals surface area contributed by atoms with E-state index in [1.807, 2.05) is 20.8 Å². The molecule has 0 aliphatic carbocycles. The predicted molar refractivity (Wildman–Crippen MR) is 84.9 cm³/mol. The molecule has 0 fully saturated rings. The zero-order valence-corrected chi connectivity index (χ0v) is 12.6. The molecule has 0 spiro atoms. The van der Waals surface area contributed by atoms with Crippen LogP contribution in [0.15, 0.2) is 24.3 Å². The van der Waals surface area contributed by atoms with E-state index in [1.54, 1.807) is 24.3 Å². The van der Waals surface area contributed by atoms with Crippen LogP contribution in [0.5, 0.6) is 0 Å². The normalized spacial score (nSPS) is 10.6. The van der Waals surface area contributed by atoms with Gasteiger partial charge < -0.3 is 10.6 Å². The lowest BCUT2D eigenvalue weighted by molar-refractivity contribution is -0.123. The molecule has 0 unspecified atom stereocenters. The molecule has 0 heterocycles. The first-order valence-corrected chi connectivity index (χ1v) is 6.68. The molecule has 0 aliphatic heterocycles. The maximum absolute atomic E-state index is 11.9. The first kappa shape index (κ1) is 16.7. The van der Waals surface area contributed by atoms with Gasteiger partial charge in [0.2, 0.25) is 11.8 Å². The second-order valence-corrected chi connectivity index (χ2v) is 5.64. The summed E-state index contributed by atoms with van der Waals surface area (Å²) < 4.78 is 0. The molecule has 1 aromatic rings. The van der Waals surface area contributed by atoms with Crippen molar-refractivity contribution < 1.29 is 9.59 Å². The Labute approximate surface area is 125 Å². The van der Waals surface area contributed by atoms with Gasteiger partial charge in [0.1, 0.15) is 0 Å². The minimum absolute atomic E-state index is 0.0818. The van der Waals surface area contributed by atoms with E-state index in [9.17, 15) is 9.59 Å². The molecule has 5 heteroatoms. The van der Waals surface area contributed by atoms with Crippen LogP contribution in [-0.2, 0) is 9.59 Å². The van der Waals surface area contributed by atoms with Gasteiger partial charge in [0, 0.05) is 16.8 Å². The second kappa shape index (κ2) is 7.46. The van der Waals surface area contributed by atoms with E-state index < -0.39 is 5.41 Å². The van der Waals surface area contributed by atoms with Crippen molar-refractivity contribution in [1.82, 2.24) is 5.32 Å². The molecule has 0 aliphatic rings. The lowest BCUT2D eigenvalue weighted by Gasteiger charge is -2.18. The maximum Gasteiger partial charge on any atom is 0.238 e. The summed E-state index contributed by atoms with van der Waals surface area (Å²) in [6.45, 7) is 6.00. The Bertz CT molecular complexity index is 553. The average Bonchev–Trinajstić information content (AvgIpc) is 2.38. The van der Waals surface area contributed by atoms with Gasteiger partial charge in [0.15, 0.2) is 0 Å². The van der Waals surface area contributed by atoms with Crippen LogP contribution in [0, 0.1) is 17.8 Å². The molecule has 0 aromatic heterocycles. The minimum Gasteiger partial charge on any atom is -0.326 e. The molecule has 0 atom stereocenters. The van der Waals surface area contributed by atoms with Crippen LogP contribution in [0.4, 0.5) is 11.4 Å². The zero-order valence-electron chi connectivity index (χ0n) is 12.6. The number of anilines is 2. The standard InChI is InChI=1S/C16H21N3O2/c1-5-9-17-11-14(20)18-12-7-6-8-13(10-12)19-15(21)16(2,3)4/h1,6-8,10,17H,9,11H2,2-4H3,(H,18,20)(H,19,21). The summed E-state index contributed by atoms with van der Waals surface area (Å²) in [7, 11) is 0. The smallest absolute Gasteiger partial charge is 0.238 e. The second-order valence-electron chi connectivity index (χ2n) is 5.64. The van der Waals surface area contributed by atoms with Gasteiger partial charge in [-0.15, -0.1) is 6.42 Å². The first-order chi connectivity index (χ1) is 9.82. The molecule has 1 aromatic carbocycles. The number of hydrogen-bond acceptors (Lipinski definition) is 3. The summed E-state index contributed by atoms with van der Waals surface area (Å²) in [5.74, 6) is 2.12. The molecule has 0 bridgehead atoms. The highest BCUT2D eigenvalue weighted by Gasteiger charge is 2.21. The fraction of sp³-hybridized carbons (Fsp3) is 0.375. The van der Waals surface area contributed by atoms with Crippen LogP contribution < -0.4 is 16.0 Å². The van der Waals surface area contributed by atoms with Gasteiger partial charge in [-0.1, -0.05) is 32.8 Å². The number of carbonyl (C=O) groups is 2. The highest BCUT2D eigenvalue weighted by molar-refractivity contribution is 5.96. The van der Waals surface area contributed by atoms with Gasteiger partial charge in [-0.3, -0.25) is 14.9 Å². The van der Waals surface area contributed by atoms with E-state index in [-0.39, 0.29) is 18.4 Å². The van der Waals surface area contributed by atoms with Crippen LogP contribution in [0.25, 0.3) is 0 Å². The molecule has 0 saturated carbocycles. The molecule has 0 radical (unpaired) electrons. The van der Waals surface area contributed by atoms with Crippen LogP contribution in [0.2, 0.25) is 0 Å². The summed E-state index contributed by atoms with van der Waals surface area (Å²) in [5.41, 5.74) is 0.789. The quantitative estimate of drug-likeness (QED) is 0.571. The lowest BCUT2D eigenvalue weighted by atomic mass is 9.95. The van der Waals surface area contributed by atoms with Gasteiger partial charge in [0.05, 0.1) is 13.1 Å². The summed E-state index contributed by atoms with van der Waals surface area (Å²) in [5, 5.41) is 8.35. The van der Waals surface area contributed by atoms with E-state index in [0.717, 1.165) is 0 Å². The van der Waals surface area contributed by atoms with Crippen LogP contribution in [-0.4, -0.2) is 24.9 Å². The van der Waals surface area contributed by atoms with Gasteiger partial charge in [-0.05, 0) is 18.2 Å². The summed E-state index contributed by atoms with van der Waals surface area (Å²) >= 11 is 0. The topological polar surface area (TPSA) is 70.2 Å². The molecular formula is C16H21N3O2. The molecule has 2 amide bonds. The number of carbonyl (C=O) groups excluding carboxylic acids is 2. The van der Waals surface area contributed by atoms with Crippen molar-refractivity contribution in [3.05, 3.63) is 24.3 Å². The van der Waals surface area contributed by atoms with E-state index in [1.165, 1.54) is 0 Å². The lowest BCUT2D eigenvalue weighted by Crippen LogP contribution is -2.28. The van der Waals surface area contributed by atoms with Crippen molar-refractivity contribution in [2.75, 3.05) is 23.7 Å². The molecular weight excluding hydrogens is 266 g/mol. The third-order valence-electron chi connectivity index (χ3n) is 2.60. The molecule has 1 rings (SSSR count). The van der Waals surface area contributed by atoms with Gasteiger partial charge in [-0.2, -0.15) is 0 Å². The van der Waals surface area contributed by atoms with Crippen molar-refractivity contribution in [3.63, 3.8) is 0 Å². The summed E-state index contributed by atoms with van der Waals surface area (Å²) in [6, 6.07) is 7.01. The fourth-order valence-electron chi connectivity index (χ4n) is 1.45. The molecule has 112 valence electrons.